The van der Waals surface area contributed by atoms with Crippen molar-refractivity contribution in [2.75, 3.05) is 19.6 Å². The van der Waals surface area contributed by atoms with Crippen LogP contribution in [-0.4, -0.2) is 48.3 Å². The number of nitrogens with one attached hydrogen (secondary N) is 2. The third kappa shape index (κ3) is 2.62. The zero-order valence-electron chi connectivity index (χ0n) is 12.5. The second-order valence-corrected chi connectivity index (χ2v) is 5.89. The highest BCUT2D eigenvalue weighted by molar-refractivity contribution is 6.22. The van der Waals surface area contributed by atoms with E-state index in [1.807, 2.05) is 0 Å². The van der Waals surface area contributed by atoms with Crippen molar-refractivity contribution < 1.29 is 14.4 Å². The fourth-order valence-corrected chi connectivity index (χ4v) is 2.96. The molecule has 0 bridgehead atoms. The number of imide groups is 1. The summed E-state index contributed by atoms with van der Waals surface area (Å²) in [6.07, 6.45) is 0.998. The second kappa shape index (κ2) is 5.88. The molecular formula is C16H19N3O3. The van der Waals surface area contributed by atoms with Gasteiger partial charge < -0.3 is 10.6 Å². The monoisotopic (exact) mass is 301 g/mol. The lowest BCUT2D eigenvalue weighted by Crippen LogP contribution is -2.52. The summed E-state index contributed by atoms with van der Waals surface area (Å²) < 4.78 is 0. The molecule has 3 amide bonds. The van der Waals surface area contributed by atoms with Crippen molar-refractivity contribution in [3.05, 3.63) is 35.4 Å². The Balaban J connectivity index is 1.65. The van der Waals surface area contributed by atoms with Gasteiger partial charge in [0, 0.05) is 12.6 Å². The predicted octanol–water partition coefficient (Wildman–Crippen LogP) is 0.397. The van der Waals surface area contributed by atoms with E-state index in [4.69, 9.17) is 0 Å². The SMILES string of the molecule is CC1CCNCC1NC(=O)CN1C(=O)c2ccccc2C1=O. The zero-order valence-corrected chi connectivity index (χ0v) is 12.5. The smallest absolute Gasteiger partial charge is 0.262 e. The Morgan fingerprint density at radius 2 is 1.91 bits per heavy atom. The Morgan fingerprint density at radius 3 is 2.50 bits per heavy atom. The molecule has 0 saturated carbocycles. The summed E-state index contributed by atoms with van der Waals surface area (Å²) in [6.45, 7) is 3.53. The first-order valence-electron chi connectivity index (χ1n) is 7.53. The Kier molecular flexibility index (Phi) is 3.94. The quantitative estimate of drug-likeness (QED) is 0.792. The number of hydrogen-bond acceptors (Lipinski definition) is 4. The molecule has 2 heterocycles. The van der Waals surface area contributed by atoms with Crippen LogP contribution in [0.1, 0.15) is 34.1 Å². The second-order valence-electron chi connectivity index (χ2n) is 5.89. The maximum Gasteiger partial charge on any atom is 0.262 e. The summed E-state index contributed by atoms with van der Waals surface area (Å²) in [5, 5.41) is 6.15. The van der Waals surface area contributed by atoms with Crippen LogP contribution in [0.3, 0.4) is 0 Å². The first kappa shape index (κ1) is 14.7. The average molecular weight is 301 g/mol. The van der Waals surface area contributed by atoms with Gasteiger partial charge >= 0.3 is 0 Å². The fraction of sp³-hybridized carbons (Fsp3) is 0.438. The number of piperidine rings is 1. The van der Waals surface area contributed by atoms with E-state index >= 15 is 0 Å². The molecule has 2 aliphatic heterocycles. The predicted molar refractivity (Wildman–Crippen MR) is 80.4 cm³/mol. The maximum absolute atomic E-state index is 12.2. The minimum atomic E-state index is -0.398. The summed E-state index contributed by atoms with van der Waals surface area (Å²) in [7, 11) is 0. The van der Waals surface area contributed by atoms with Gasteiger partial charge in [-0.05, 0) is 31.0 Å². The first-order valence-corrected chi connectivity index (χ1v) is 7.53. The van der Waals surface area contributed by atoms with Gasteiger partial charge in [0.2, 0.25) is 5.91 Å². The molecule has 0 aliphatic carbocycles. The molecule has 6 heteroatoms. The van der Waals surface area contributed by atoms with Gasteiger partial charge in [0.05, 0.1) is 11.1 Å². The van der Waals surface area contributed by atoms with Crippen LogP contribution < -0.4 is 10.6 Å². The van der Waals surface area contributed by atoms with Crippen molar-refractivity contribution in [1.29, 1.82) is 0 Å². The highest BCUT2D eigenvalue weighted by Gasteiger charge is 2.36. The van der Waals surface area contributed by atoms with Crippen LogP contribution in [-0.2, 0) is 4.79 Å². The molecular weight excluding hydrogens is 282 g/mol. The lowest BCUT2D eigenvalue weighted by Gasteiger charge is -2.30. The van der Waals surface area contributed by atoms with Crippen LogP contribution in [0.5, 0.6) is 0 Å². The van der Waals surface area contributed by atoms with Crippen LogP contribution in [0.4, 0.5) is 0 Å². The number of carbonyl (C=O) groups is 3. The number of amides is 3. The molecule has 1 aromatic carbocycles. The Hall–Kier alpha value is -2.21. The summed E-state index contributed by atoms with van der Waals surface area (Å²) in [5.74, 6) is -0.710. The topological polar surface area (TPSA) is 78.5 Å². The number of fused-ring (bicyclic) bond motifs is 1. The lowest BCUT2D eigenvalue weighted by atomic mass is 9.95. The summed E-state index contributed by atoms with van der Waals surface area (Å²) in [5.41, 5.74) is 0.737. The highest BCUT2D eigenvalue weighted by Crippen LogP contribution is 2.22. The minimum Gasteiger partial charge on any atom is -0.350 e. The van der Waals surface area contributed by atoms with Crippen LogP contribution in [0, 0.1) is 5.92 Å². The normalized spacial score (nSPS) is 24.3. The van der Waals surface area contributed by atoms with Crippen molar-refractivity contribution in [1.82, 2.24) is 15.5 Å². The summed E-state index contributed by atoms with van der Waals surface area (Å²) in [6, 6.07) is 6.68. The number of rotatable bonds is 3. The molecule has 2 aliphatic rings. The van der Waals surface area contributed by atoms with Crippen LogP contribution in [0.2, 0.25) is 0 Å². The van der Waals surface area contributed by atoms with Crippen molar-refractivity contribution in [3.8, 4) is 0 Å². The van der Waals surface area contributed by atoms with Crippen molar-refractivity contribution in [2.24, 2.45) is 5.92 Å². The van der Waals surface area contributed by atoms with Crippen molar-refractivity contribution in [3.63, 3.8) is 0 Å². The molecule has 3 rings (SSSR count). The molecule has 0 spiro atoms. The Labute approximate surface area is 128 Å². The van der Waals surface area contributed by atoms with Gasteiger partial charge in [0.15, 0.2) is 0 Å². The summed E-state index contributed by atoms with van der Waals surface area (Å²) in [4.78, 5) is 37.6. The number of nitrogens with zero attached hydrogens (tertiary/aromatic N) is 1. The van der Waals surface area contributed by atoms with E-state index in [0.717, 1.165) is 24.4 Å². The number of carbonyl (C=O) groups excluding carboxylic acids is 3. The van der Waals surface area contributed by atoms with Crippen molar-refractivity contribution in [2.45, 2.75) is 19.4 Å². The molecule has 6 nitrogen and oxygen atoms in total. The standard InChI is InChI=1S/C16H19N3O3/c1-10-6-7-17-8-13(10)18-14(20)9-19-15(21)11-4-2-3-5-12(11)16(19)22/h2-5,10,13,17H,6-9H2,1H3,(H,18,20). The van der Waals surface area contributed by atoms with Crippen molar-refractivity contribution >= 4 is 17.7 Å². The number of benzene rings is 1. The molecule has 1 saturated heterocycles. The Morgan fingerprint density at radius 1 is 1.27 bits per heavy atom. The lowest BCUT2D eigenvalue weighted by molar-refractivity contribution is -0.122. The van der Waals surface area contributed by atoms with Gasteiger partial charge in [-0.15, -0.1) is 0 Å². The minimum absolute atomic E-state index is 0.0384. The van der Waals surface area contributed by atoms with E-state index < -0.39 is 11.8 Å². The third-order valence-electron chi connectivity index (χ3n) is 4.35. The fourth-order valence-electron chi connectivity index (χ4n) is 2.96. The van der Waals surface area contributed by atoms with Crippen LogP contribution in [0.25, 0.3) is 0 Å². The van der Waals surface area contributed by atoms with Gasteiger partial charge in [-0.1, -0.05) is 19.1 Å². The highest BCUT2D eigenvalue weighted by atomic mass is 16.2. The molecule has 2 N–H and O–H groups in total. The van der Waals surface area contributed by atoms with Gasteiger partial charge in [-0.2, -0.15) is 0 Å². The molecule has 0 radical (unpaired) electrons. The molecule has 1 fully saturated rings. The summed E-state index contributed by atoms with van der Waals surface area (Å²) >= 11 is 0. The van der Waals surface area contributed by atoms with E-state index in [0.29, 0.717) is 17.0 Å². The van der Waals surface area contributed by atoms with E-state index in [2.05, 4.69) is 17.6 Å². The van der Waals surface area contributed by atoms with Crippen LogP contribution in [0.15, 0.2) is 24.3 Å². The molecule has 2 atom stereocenters. The first-order chi connectivity index (χ1) is 10.6. The molecule has 0 aromatic heterocycles. The van der Waals surface area contributed by atoms with E-state index in [9.17, 15) is 14.4 Å². The zero-order chi connectivity index (χ0) is 15.7. The van der Waals surface area contributed by atoms with Crippen LogP contribution >= 0.6 is 0 Å². The average Bonchev–Trinajstić information content (AvgIpc) is 2.75. The van der Waals surface area contributed by atoms with E-state index in [-0.39, 0.29) is 18.5 Å². The van der Waals surface area contributed by atoms with Gasteiger partial charge in [0.25, 0.3) is 11.8 Å². The van der Waals surface area contributed by atoms with Gasteiger partial charge in [-0.25, -0.2) is 0 Å². The van der Waals surface area contributed by atoms with Gasteiger partial charge in [0.1, 0.15) is 6.54 Å². The Bertz CT molecular complexity index is 594. The molecule has 116 valence electrons. The largest absolute Gasteiger partial charge is 0.350 e. The van der Waals surface area contributed by atoms with E-state index in [1.54, 1.807) is 24.3 Å². The maximum atomic E-state index is 12.2. The van der Waals surface area contributed by atoms with E-state index in [1.165, 1.54) is 0 Å². The number of hydrogen-bond donors (Lipinski definition) is 2. The third-order valence-corrected chi connectivity index (χ3v) is 4.35. The van der Waals surface area contributed by atoms with Gasteiger partial charge in [-0.3, -0.25) is 19.3 Å². The molecule has 1 aromatic rings. The molecule has 2 unspecified atom stereocenters. The molecule has 22 heavy (non-hydrogen) atoms.